The molecule has 1 aromatic rings. The molecule has 1 nitrogen and oxygen atoms in total. The van der Waals surface area contributed by atoms with Crippen LogP contribution < -0.4 is 0 Å². The first-order chi connectivity index (χ1) is 8.56. The highest BCUT2D eigenvalue weighted by atomic mass is 79.9. The molecule has 0 aliphatic carbocycles. The van der Waals surface area contributed by atoms with Crippen molar-refractivity contribution in [2.45, 2.75) is 52.9 Å². The van der Waals surface area contributed by atoms with Gasteiger partial charge in [0.05, 0.1) is 0 Å². The quantitative estimate of drug-likeness (QED) is 0.696. The van der Waals surface area contributed by atoms with Crippen molar-refractivity contribution < 1.29 is 4.79 Å². The van der Waals surface area contributed by atoms with Gasteiger partial charge < -0.3 is 0 Å². The molecule has 0 spiro atoms. The summed E-state index contributed by atoms with van der Waals surface area (Å²) < 4.78 is 1.19. The number of hydrogen-bond acceptors (Lipinski definition) is 1. The molecule has 0 heterocycles. The molecule has 0 bridgehead atoms. The van der Waals surface area contributed by atoms with Crippen LogP contribution in [0.2, 0.25) is 0 Å². The van der Waals surface area contributed by atoms with Crippen molar-refractivity contribution in [2.24, 2.45) is 5.92 Å². The topological polar surface area (TPSA) is 17.1 Å². The third-order valence-electron chi connectivity index (χ3n) is 3.19. The van der Waals surface area contributed by atoms with Crippen molar-refractivity contribution in [2.75, 3.05) is 0 Å². The van der Waals surface area contributed by atoms with E-state index in [4.69, 9.17) is 0 Å². The van der Waals surface area contributed by atoms with Crippen molar-refractivity contribution >= 4 is 21.7 Å². The highest BCUT2D eigenvalue weighted by Gasteiger charge is 2.10. The van der Waals surface area contributed by atoms with Gasteiger partial charge in [0.2, 0.25) is 0 Å². The van der Waals surface area contributed by atoms with Gasteiger partial charge in [-0.25, -0.2) is 0 Å². The van der Waals surface area contributed by atoms with E-state index in [-0.39, 0.29) is 0 Å². The van der Waals surface area contributed by atoms with E-state index in [1.165, 1.54) is 15.6 Å². The van der Waals surface area contributed by atoms with E-state index in [1.807, 2.05) is 0 Å². The van der Waals surface area contributed by atoms with Gasteiger partial charge >= 0.3 is 0 Å². The maximum absolute atomic E-state index is 11.6. The second-order valence-corrected chi connectivity index (χ2v) is 5.94. The first-order valence-electron chi connectivity index (χ1n) is 6.85. The minimum atomic E-state index is 0.397. The van der Waals surface area contributed by atoms with Gasteiger partial charge in [0.25, 0.3) is 0 Å². The number of Topliss-reactive ketones (excluding diaryl/α,β-unsaturated/α-hetero) is 1. The zero-order valence-corrected chi connectivity index (χ0v) is 13.2. The maximum atomic E-state index is 11.6. The fourth-order valence-electron chi connectivity index (χ4n) is 2.25. The summed E-state index contributed by atoms with van der Waals surface area (Å²) >= 11 is 3.61. The van der Waals surface area contributed by atoms with Crippen LogP contribution in [-0.4, -0.2) is 5.78 Å². The van der Waals surface area contributed by atoms with Gasteiger partial charge in [0.1, 0.15) is 5.78 Å². The van der Waals surface area contributed by atoms with E-state index < -0.39 is 0 Å². The zero-order valence-electron chi connectivity index (χ0n) is 11.6. The molecule has 1 rings (SSSR count). The maximum Gasteiger partial charge on any atom is 0.133 e. The minimum absolute atomic E-state index is 0.397. The molecule has 0 saturated heterocycles. The fraction of sp³-hybridized carbons (Fsp3) is 0.562. The highest BCUT2D eigenvalue weighted by molar-refractivity contribution is 9.10. The molecule has 2 heteroatoms. The Morgan fingerprint density at radius 1 is 1.33 bits per heavy atom. The van der Waals surface area contributed by atoms with Gasteiger partial charge in [-0.3, -0.25) is 4.79 Å². The number of hydrogen-bond donors (Lipinski definition) is 0. The van der Waals surface area contributed by atoms with Crippen molar-refractivity contribution in [3.63, 3.8) is 0 Å². The molecule has 100 valence electrons. The van der Waals surface area contributed by atoms with E-state index in [0.717, 1.165) is 25.7 Å². The van der Waals surface area contributed by atoms with Crippen LogP contribution in [0.5, 0.6) is 0 Å². The second-order valence-electron chi connectivity index (χ2n) is 5.08. The summed E-state index contributed by atoms with van der Waals surface area (Å²) in [4.78, 5) is 11.6. The van der Waals surface area contributed by atoms with Crippen molar-refractivity contribution in [3.8, 4) is 0 Å². The largest absolute Gasteiger partial charge is 0.300 e. The lowest BCUT2D eigenvalue weighted by molar-refractivity contribution is -0.119. The summed E-state index contributed by atoms with van der Waals surface area (Å²) in [5.74, 6) is 0.831. The highest BCUT2D eigenvalue weighted by Crippen LogP contribution is 2.22. The molecule has 1 unspecified atom stereocenters. The Balaban J connectivity index is 2.56. The number of benzene rings is 1. The Hall–Kier alpha value is -0.630. The predicted molar refractivity (Wildman–Crippen MR) is 80.9 cm³/mol. The van der Waals surface area contributed by atoms with Crippen LogP contribution in [0.4, 0.5) is 0 Å². The first kappa shape index (κ1) is 15.4. The molecular weight excluding hydrogens is 288 g/mol. The summed E-state index contributed by atoms with van der Waals surface area (Å²) in [6.45, 7) is 6.38. The summed E-state index contributed by atoms with van der Waals surface area (Å²) in [5, 5.41) is 0. The van der Waals surface area contributed by atoms with Crippen LogP contribution >= 0.6 is 15.9 Å². The Kier molecular flexibility index (Phi) is 6.62. The van der Waals surface area contributed by atoms with Gasteiger partial charge in [0.15, 0.2) is 0 Å². The van der Waals surface area contributed by atoms with E-state index in [1.54, 1.807) is 0 Å². The van der Waals surface area contributed by atoms with Gasteiger partial charge in [-0.2, -0.15) is 0 Å². The molecule has 0 aliphatic heterocycles. The van der Waals surface area contributed by atoms with Crippen molar-refractivity contribution in [1.29, 1.82) is 0 Å². The fourth-order valence-corrected chi connectivity index (χ4v) is 2.96. The summed E-state index contributed by atoms with van der Waals surface area (Å²) in [6, 6.07) is 6.56. The first-order valence-corrected chi connectivity index (χ1v) is 7.65. The lowest BCUT2D eigenvalue weighted by atomic mass is 9.94. The molecule has 18 heavy (non-hydrogen) atoms. The Morgan fingerprint density at radius 3 is 2.61 bits per heavy atom. The number of halogens is 1. The van der Waals surface area contributed by atoms with Gasteiger partial charge in [0, 0.05) is 17.3 Å². The standard InChI is InChI=1S/C16H23BrO/c1-4-6-15(18)10-12(3)9-13-7-8-14(5-2)16(17)11-13/h7-8,11-12H,4-6,9-10H2,1-3H3. The molecule has 0 aromatic heterocycles. The molecule has 0 saturated carbocycles. The SMILES string of the molecule is CCCC(=O)CC(C)Cc1ccc(CC)c(Br)c1. The van der Waals surface area contributed by atoms with E-state index in [2.05, 4.69) is 54.9 Å². The second kappa shape index (κ2) is 7.73. The third-order valence-corrected chi connectivity index (χ3v) is 3.93. The van der Waals surface area contributed by atoms with E-state index >= 15 is 0 Å². The number of ketones is 1. The lowest BCUT2D eigenvalue weighted by Gasteiger charge is -2.12. The minimum Gasteiger partial charge on any atom is -0.300 e. The smallest absolute Gasteiger partial charge is 0.133 e. The average molecular weight is 311 g/mol. The van der Waals surface area contributed by atoms with Gasteiger partial charge in [-0.05, 0) is 42.4 Å². The number of aryl methyl sites for hydroxylation is 1. The number of rotatable bonds is 7. The molecule has 0 aliphatic rings. The molecule has 0 radical (unpaired) electrons. The zero-order chi connectivity index (χ0) is 13.5. The van der Waals surface area contributed by atoms with Crippen molar-refractivity contribution in [3.05, 3.63) is 33.8 Å². The van der Waals surface area contributed by atoms with Crippen LogP contribution in [0.15, 0.2) is 22.7 Å². The van der Waals surface area contributed by atoms with E-state index in [9.17, 15) is 4.79 Å². The summed E-state index contributed by atoms with van der Waals surface area (Å²) in [7, 11) is 0. The van der Waals surface area contributed by atoms with Crippen LogP contribution in [0.25, 0.3) is 0 Å². The van der Waals surface area contributed by atoms with Crippen LogP contribution in [0.1, 0.15) is 51.2 Å². The summed E-state index contributed by atoms with van der Waals surface area (Å²) in [6.07, 6.45) is 4.43. The summed E-state index contributed by atoms with van der Waals surface area (Å²) in [5.41, 5.74) is 2.66. The van der Waals surface area contributed by atoms with Crippen LogP contribution in [0, 0.1) is 5.92 Å². The van der Waals surface area contributed by atoms with Crippen molar-refractivity contribution in [1.82, 2.24) is 0 Å². The molecular formula is C16H23BrO. The third kappa shape index (κ3) is 4.93. The number of carbonyl (C=O) groups excluding carboxylic acids is 1. The van der Waals surface area contributed by atoms with E-state index in [0.29, 0.717) is 18.1 Å². The Bertz CT molecular complexity index is 398. The monoisotopic (exact) mass is 310 g/mol. The normalized spacial score (nSPS) is 12.4. The molecule has 0 fully saturated rings. The average Bonchev–Trinajstić information content (AvgIpc) is 2.29. The molecule has 1 atom stereocenters. The number of carbonyl (C=O) groups is 1. The molecule has 0 amide bonds. The van der Waals surface area contributed by atoms with Gasteiger partial charge in [-0.1, -0.05) is 48.8 Å². The Labute approximate surface area is 119 Å². The molecule has 1 aromatic carbocycles. The van der Waals surface area contributed by atoms with Crippen LogP contribution in [-0.2, 0) is 17.6 Å². The Morgan fingerprint density at radius 2 is 2.06 bits per heavy atom. The van der Waals surface area contributed by atoms with Gasteiger partial charge in [-0.15, -0.1) is 0 Å². The lowest BCUT2D eigenvalue weighted by Crippen LogP contribution is -2.08. The predicted octanol–water partition coefficient (Wildman–Crippen LogP) is 4.95. The van der Waals surface area contributed by atoms with Crippen LogP contribution in [0.3, 0.4) is 0 Å². The molecule has 0 N–H and O–H groups in total.